The summed E-state index contributed by atoms with van der Waals surface area (Å²) in [6.45, 7) is 11.7. The first-order valence-electron chi connectivity index (χ1n) is 12.2. The van der Waals surface area contributed by atoms with E-state index in [1.807, 2.05) is 19.9 Å². The van der Waals surface area contributed by atoms with Crippen molar-refractivity contribution >= 4 is 23.9 Å². The molecule has 1 N–H and O–H groups in total. The number of hydrogen-bond donors (Lipinski definition) is 1. The zero-order valence-corrected chi connectivity index (χ0v) is 22.2. The van der Waals surface area contributed by atoms with Gasteiger partial charge in [-0.15, -0.1) is 0 Å². The van der Waals surface area contributed by atoms with E-state index in [1.54, 1.807) is 25.2 Å². The molecule has 0 bridgehead atoms. The first-order valence-corrected chi connectivity index (χ1v) is 12.2. The van der Waals surface area contributed by atoms with E-state index in [2.05, 4.69) is 43.2 Å². The lowest BCUT2D eigenvalue weighted by Gasteiger charge is -2.12. The van der Waals surface area contributed by atoms with Crippen molar-refractivity contribution in [3.05, 3.63) is 88.0 Å². The third-order valence-electron chi connectivity index (χ3n) is 5.73. The van der Waals surface area contributed by atoms with Gasteiger partial charge >= 0.3 is 0 Å². The number of dihydropyridines is 1. The van der Waals surface area contributed by atoms with Crippen molar-refractivity contribution < 1.29 is 18.4 Å². The van der Waals surface area contributed by atoms with Crippen LogP contribution in [0, 0.1) is 24.5 Å². The van der Waals surface area contributed by atoms with Gasteiger partial charge in [0.1, 0.15) is 6.29 Å². The van der Waals surface area contributed by atoms with E-state index in [0.717, 1.165) is 65.9 Å². The Kier molecular flexibility index (Phi) is 14.0. The molecule has 1 aliphatic rings. The van der Waals surface area contributed by atoms with Crippen LogP contribution in [0.1, 0.15) is 67.6 Å². The number of benzene rings is 2. The molecule has 0 saturated heterocycles. The van der Waals surface area contributed by atoms with Crippen LogP contribution in [0.15, 0.2) is 59.1 Å². The zero-order valence-electron chi connectivity index (χ0n) is 22.2. The maximum atomic E-state index is 12.5. The third-order valence-corrected chi connectivity index (χ3v) is 5.73. The van der Waals surface area contributed by atoms with E-state index < -0.39 is 11.6 Å². The summed E-state index contributed by atoms with van der Waals surface area (Å²) < 4.78 is 24.8. The molecule has 0 aromatic heterocycles. The summed E-state index contributed by atoms with van der Waals surface area (Å²) in [7, 11) is 1.75. The number of carbonyl (C=O) groups is 2. The van der Waals surface area contributed by atoms with Crippen molar-refractivity contribution in [1.82, 2.24) is 5.32 Å². The summed E-state index contributed by atoms with van der Waals surface area (Å²) in [4.78, 5) is 26.2. The Morgan fingerprint density at radius 3 is 2.28 bits per heavy atom. The van der Waals surface area contributed by atoms with Gasteiger partial charge < -0.3 is 5.32 Å². The molecule has 2 aromatic carbocycles. The van der Waals surface area contributed by atoms with Gasteiger partial charge in [0, 0.05) is 29.9 Å². The number of hydrogen-bond acceptors (Lipinski definition) is 4. The molecule has 4 nitrogen and oxygen atoms in total. The van der Waals surface area contributed by atoms with Crippen molar-refractivity contribution in [2.45, 2.75) is 54.0 Å². The van der Waals surface area contributed by atoms with E-state index >= 15 is 0 Å². The van der Waals surface area contributed by atoms with Gasteiger partial charge in [0.25, 0.3) is 0 Å². The highest BCUT2D eigenvalue weighted by Crippen LogP contribution is 2.25. The Bertz CT molecular complexity index is 1100. The molecule has 0 amide bonds. The van der Waals surface area contributed by atoms with Crippen molar-refractivity contribution in [3.8, 4) is 0 Å². The number of aliphatic imine (C=N–C) groups is 1. The number of nitrogens with one attached hydrogen (secondary N) is 1. The van der Waals surface area contributed by atoms with Crippen LogP contribution in [0.4, 0.5) is 8.78 Å². The Morgan fingerprint density at radius 1 is 1.11 bits per heavy atom. The fourth-order valence-corrected chi connectivity index (χ4v) is 3.38. The number of aldehydes is 2. The maximum Gasteiger partial charge on any atom is 0.159 e. The fourth-order valence-electron chi connectivity index (χ4n) is 3.38. The molecule has 0 radical (unpaired) electrons. The molecule has 1 heterocycles. The van der Waals surface area contributed by atoms with Crippen molar-refractivity contribution in [3.63, 3.8) is 0 Å². The van der Waals surface area contributed by atoms with Crippen LogP contribution in [-0.2, 0) is 11.3 Å². The minimum atomic E-state index is -0.801. The second kappa shape index (κ2) is 16.4. The van der Waals surface area contributed by atoms with Crippen LogP contribution < -0.4 is 5.32 Å². The molecule has 0 unspecified atom stereocenters. The molecule has 36 heavy (non-hydrogen) atoms. The highest BCUT2D eigenvalue weighted by atomic mass is 19.2. The SMILES string of the molecule is C/C(=C(/C=O)c1ccc(C=O)cc1C)C(C)C.CCC1=NCCC=C1.CNCc1ccc(F)c(F)c1. The van der Waals surface area contributed by atoms with E-state index in [1.165, 1.54) is 11.8 Å². The molecule has 0 aliphatic carbocycles. The lowest BCUT2D eigenvalue weighted by molar-refractivity contribution is -0.103. The molecule has 6 heteroatoms. The van der Waals surface area contributed by atoms with E-state index in [-0.39, 0.29) is 0 Å². The van der Waals surface area contributed by atoms with Gasteiger partial charge in [0.2, 0.25) is 0 Å². The number of halogens is 2. The van der Waals surface area contributed by atoms with E-state index in [9.17, 15) is 18.4 Å². The Hall–Kier alpha value is -3.25. The number of allylic oxidation sites excluding steroid dienone is 3. The summed E-state index contributed by atoms with van der Waals surface area (Å²) in [5, 5.41) is 2.84. The van der Waals surface area contributed by atoms with E-state index in [0.29, 0.717) is 18.0 Å². The van der Waals surface area contributed by atoms with Gasteiger partial charge in [0.05, 0.1) is 0 Å². The van der Waals surface area contributed by atoms with Crippen LogP contribution in [0.5, 0.6) is 0 Å². The predicted octanol–water partition coefficient (Wildman–Crippen LogP) is 6.92. The number of carbonyl (C=O) groups excluding carboxylic acids is 2. The maximum absolute atomic E-state index is 12.5. The summed E-state index contributed by atoms with van der Waals surface area (Å²) in [5.74, 6) is -1.26. The highest BCUT2D eigenvalue weighted by Gasteiger charge is 2.10. The molecular weight excluding hydrogens is 458 g/mol. The third kappa shape index (κ3) is 10.2. The lowest BCUT2D eigenvalue weighted by Crippen LogP contribution is -2.05. The topological polar surface area (TPSA) is 58.5 Å². The summed E-state index contributed by atoms with van der Waals surface area (Å²) in [6, 6.07) is 9.25. The second-order valence-electron chi connectivity index (χ2n) is 8.76. The van der Waals surface area contributed by atoms with Crippen molar-refractivity contribution in [1.29, 1.82) is 0 Å². The molecule has 1 aliphatic heterocycles. The van der Waals surface area contributed by atoms with Crippen LogP contribution in [-0.4, -0.2) is 31.9 Å². The number of nitrogens with zero attached hydrogens (tertiary/aromatic N) is 1. The molecule has 0 spiro atoms. The summed E-state index contributed by atoms with van der Waals surface area (Å²) in [5.41, 5.74) is 6.30. The van der Waals surface area contributed by atoms with Crippen LogP contribution in [0.2, 0.25) is 0 Å². The van der Waals surface area contributed by atoms with Gasteiger partial charge in [-0.05, 0) is 80.6 Å². The van der Waals surface area contributed by atoms with Crippen LogP contribution in [0.3, 0.4) is 0 Å². The number of aryl methyl sites for hydroxylation is 1. The normalized spacial score (nSPS) is 13.0. The predicted molar refractivity (Wildman–Crippen MR) is 146 cm³/mol. The van der Waals surface area contributed by atoms with Gasteiger partial charge in [0.15, 0.2) is 17.9 Å². The smallest absolute Gasteiger partial charge is 0.159 e. The molecule has 194 valence electrons. The van der Waals surface area contributed by atoms with Crippen LogP contribution in [0.25, 0.3) is 5.57 Å². The average molecular weight is 497 g/mol. The molecule has 0 saturated carbocycles. The molecule has 0 fully saturated rings. The van der Waals surface area contributed by atoms with E-state index in [4.69, 9.17) is 0 Å². The van der Waals surface area contributed by atoms with Crippen molar-refractivity contribution in [2.24, 2.45) is 10.9 Å². The second-order valence-corrected chi connectivity index (χ2v) is 8.76. The minimum Gasteiger partial charge on any atom is -0.316 e. The lowest BCUT2D eigenvalue weighted by atomic mass is 9.91. The molecular formula is C30H38F2N2O2. The molecule has 2 aromatic rings. The van der Waals surface area contributed by atoms with Gasteiger partial charge in [-0.1, -0.05) is 50.6 Å². The Morgan fingerprint density at radius 2 is 1.83 bits per heavy atom. The average Bonchev–Trinajstić information content (AvgIpc) is 2.88. The minimum absolute atomic E-state index is 0.334. The first kappa shape index (κ1) is 30.8. The van der Waals surface area contributed by atoms with Gasteiger partial charge in [-0.2, -0.15) is 0 Å². The summed E-state index contributed by atoms with van der Waals surface area (Å²) in [6.07, 6.45) is 8.23. The fraction of sp³-hybridized carbons (Fsp3) is 0.367. The Balaban J connectivity index is 0.000000292. The quantitative estimate of drug-likeness (QED) is 0.334. The highest BCUT2D eigenvalue weighted by molar-refractivity contribution is 6.09. The standard InChI is InChI=1S/C15H18O2.C8H9F2N.C7H11N/c1-10(2)12(4)15(9-17)14-6-5-13(8-16)7-11(14)3;1-11-5-6-2-3-7(9)8(10)4-6;1-2-7-5-3-4-6-8-7/h5-10H,1-4H3;2-4,11H,5H2,1H3;3,5H,2,4,6H2,1H3/b15-12+;;. The molecule has 3 rings (SSSR count). The summed E-state index contributed by atoms with van der Waals surface area (Å²) >= 11 is 0. The van der Waals surface area contributed by atoms with Crippen LogP contribution >= 0.6 is 0 Å². The van der Waals surface area contributed by atoms with Crippen molar-refractivity contribution in [2.75, 3.05) is 13.6 Å². The zero-order chi connectivity index (χ0) is 27.1. The largest absolute Gasteiger partial charge is 0.316 e. The van der Waals surface area contributed by atoms with Gasteiger partial charge in [-0.3, -0.25) is 14.6 Å². The number of rotatable bonds is 7. The Labute approximate surface area is 214 Å². The monoisotopic (exact) mass is 496 g/mol. The molecule has 0 atom stereocenters. The first-order chi connectivity index (χ1) is 17.2. The van der Waals surface area contributed by atoms with Gasteiger partial charge in [-0.25, -0.2) is 8.78 Å².